The third kappa shape index (κ3) is 5.21. The fraction of sp³-hybridized carbons (Fsp3) is 0.300. The van der Waals surface area contributed by atoms with Gasteiger partial charge in [-0.15, -0.1) is 0 Å². The molecule has 0 aliphatic heterocycles. The number of hydrogen-bond donors (Lipinski definition) is 2. The number of hydrogen-bond acceptors (Lipinski definition) is 4. The van der Waals surface area contributed by atoms with Gasteiger partial charge in [-0.2, -0.15) is 0 Å². The molecular formula is C10H14N2O4S. The fourth-order valence-corrected chi connectivity index (χ4v) is 1.68. The second kappa shape index (κ2) is 5.53. The molecule has 6 nitrogen and oxygen atoms in total. The van der Waals surface area contributed by atoms with E-state index in [1.54, 1.807) is 31.2 Å². The third-order valence-electron chi connectivity index (χ3n) is 1.71. The molecule has 0 aliphatic rings. The predicted octanol–water partition coefficient (Wildman–Crippen LogP) is 1.63. The van der Waals surface area contributed by atoms with Crippen molar-refractivity contribution in [3.63, 3.8) is 0 Å². The minimum absolute atomic E-state index is 0.291. The number of rotatable bonds is 4. The van der Waals surface area contributed by atoms with Gasteiger partial charge in [0.05, 0.1) is 12.9 Å². The zero-order valence-electron chi connectivity index (χ0n) is 9.56. The molecule has 0 bridgehead atoms. The number of amides is 1. The molecule has 0 aromatic heterocycles. The molecular weight excluding hydrogens is 244 g/mol. The molecule has 0 aliphatic carbocycles. The lowest BCUT2D eigenvalue weighted by molar-refractivity contribution is 0.168. The maximum absolute atomic E-state index is 11.1. The molecule has 1 aromatic carbocycles. The Morgan fingerprint density at radius 1 is 1.24 bits per heavy atom. The van der Waals surface area contributed by atoms with Crippen molar-refractivity contribution in [2.24, 2.45) is 0 Å². The first-order valence-corrected chi connectivity index (χ1v) is 6.81. The van der Waals surface area contributed by atoms with Crippen molar-refractivity contribution in [2.75, 3.05) is 22.9 Å². The average Bonchev–Trinajstić information content (AvgIpc) is 2.19. The van der Waals surface area contributed by atoms with E-state index < -0.39 is 16.1 Å². The van der Waals surface area contributed by atoms with E-state index in [-0.39, 0.29) is 0 Å². The van der Waals surface area contributed by atoms with Crippen molar-refractivity contribution in [1.82, 2.24) is 0 Å². The van der Waals surface area contributed by atoms with E-state index in [0.29, 0.717) is 18.0 Å². The minimum atomic E-state index is -3.28. The van der Waals surface area contributed by atoms with E-state index in [2.05, 4.69) is 10.0 Å². The van der Waals surface area contributed by atoms with Crippen LogP contribution in [0.15, 0.2) is 24.3 Å². The van der Waals surface area contributed by atoms with Crippen molar-refractivity contribution < 1.29 is 17.9 Å². The molecule has 0 radical (unpaired) electrons. The van der Waals surface area contributed by atoms with Crippen LogP contribution in [0.3, 0.4) is 0 Å². The summed E-state index contributed by atoms with van der Waals surface area (Å²) in [5.41, 5.74) is 0.962. The largest absolute Gasteiger partial charge is 0.450 e. The summed E-state index contributed by atoms with van der Waals surface area (Å²) in [5.74, 6) is 0. The summed E-state index contributed by atoms with van der Waals surface area (Å²) in [6.45, 7) is 2.00. The van der Waals surface area contributed by atoms with Crippen molar-refractivity contribution in [3.8, 4) is 0 Å². The molecule has 94 valence electrons. The van der Waals surface area contributed by atoms with Gasteiger partial charge in [0.1, 0.15) is 0 Å². The van der Waals surface area contributed by atoms with Gasteiger partial charge in [-0.05, 0) is 31.2 Å². The SMILES string of the molecule is CCOC(=O)Nc1ccc(NS(C)(=O)=O)cc1. The number of anilines is 2. The molecule has 0 saturated heterocycles. The smallest absolute Gasteiger partial charge is 0.411 e. The molecule has 7 heteroatoms. The monoisotopic (exact) mass is 258 g/mol. The highest BCUT2D eigenvalue weighted by Gasteiger charge is 2.03. The zero-order valence-corrected chi connectivity index (χ0v) is 10.4. The first-order chi connectivity index (χ1) is 7.90. The summed E-state index contributed by atoms with van der Waals surface area (Å²) in [6.07, 6.45) is 0.522. The van der Waals surface area contributed by atoms with E-state index in [4.69, 9.17) is 4.74 Å². The van der Waals surface area contributed by atoms with E-state index in [0.717, 1.165) is 6.26 Å². The summed E-state index contributed by atoms with van der Waals surface area (Å²) >= 11 is 0. The average molecular weight is 258 g/mol. The van der Waals surface area contributed by atoms with E-state index >= 15 is 0 Å². The van der Waals surface area contributed by atoms with Crippen LogP contribution in [0.4, 0.5) is 16.2 Å². The van der Waals surface area contributed by atoms with Gasteiger partial charge in [-0.1, -0.05) is 0 Å². The number of sulfonamides is 1. The quantitative estimate of drug-likeness (QED) is 0.859. The van der Waals surface area contributed by atoms with Gasteiger partial charge in [0.15, 0.2) is 0 Å². The Labute approximate surface area is 100 Å². The second-order valence-electron chi connectivity index (χ2n) is 3.30. The lowest BCUT2D eigenvalue weighted by Gasteiger charge is -2.07. The standard InChI is InChI=1S/C10H14N2O4S/c1-3-16-10(13)11-8-4-6-9(7-5-8)12-17(2,14)15/h4-7,12H,3H2,1-2H3,(H,11,13). The molecule has 1 aromatic rings. The van der Waals surface area contributed by atoms with Crippen LogP contribution in [0.2, 0.25) is 0 Å². The highest BCUT2D eigenvalue weighted by molar-refractivity contribution is 7.92. The Balaban J connectivity index is 2.65. The third-order valence-corrected chi connectivity index (χ3v) is 2.32. The lowest BCUT2D eigenvalue weighted by Crippen LogP contribution is -2.13. The summed E-state index contributed by atoms with van der Waals surface area (Å²) in [5, 5.41) is 2.49. The van der Waals surface area contributed by atoms with Gasteiger partial charge in [0.2, 0.25) is 10.0 Å². The van der Waals surface area contributed by atoms with Crippen LogP contribution in [-0.4, -0.2) is 27.4 Å². The van der Waals surface area contributed by atoms with E-state index in [1.807, 2.05) is 0 Å². The summed E-state index contributed by atoms with van der Waals surface area (Å²) in [7, 11) is -3.28. The molecule has 0 saturated carbocycles. The van der Waals surface area contributed by atoms with E-state index in [9.17, 15) is 13.2 Å². The first kappa shape index (κ1) is 13.3. The van der Waals surface area contributed by atoms with Crippen LogP contribution in [0.25, 0.3) is 0 Å². The molecule has 1 rings (SSSR count). The van der Waals surface area contributed by atoms with Crippen LogP contribution in [0.5, 0.6) is 0 Å². The van der Waals surface area contributed by atoms with Gasteiger partial charge in [0.25, 0.3) is 0 Å². The number of carbonyl (C=O) groups is 1. The van der Waals surface area contributed by atoms with Crippen LogP contribution in [0, 0.1) is 0 Å². The summed E-state index contributed by atoms with van der Waals surface area (Å²) in [4.78, 5) is 11.1. The second-order valence-corrected chi connectivity index (χ2v) is 5.05. The van der Waals surface area contributed by atoms with E-state index in [1.165, 1.54) is 0 Å². The Hall–Kier alpha value is -1.76. The van der Waals surface area contributed by atoms with Crippen molar-refractivity contribution in [3.05, 3.63) is 24.3 Å². The highest BCUT2D eigenvalue weighted by atomic mass is 32.2. The zero-order chi connectivity index (χ0) is 12.9. The molecule has 2 N–H and O–H groups in total. The molecule has 0 unspecified atom stereocenters. The Morgan fingerprint density at radius 3 is 2.24 bits per heavy atom. The van der Waals surface area contributed by atoms with Gasteiger partial charge >= 0.3 is 6.09 Å². The number of carbonyl (C=O) groups excluding carboxylic acids is 1. The first-order valence-electron chi connectivity index (χ1n) is 4.92. The number of benzene rings is 1. The Kier molecular flexibility index (Phi) is 4.33. The Morgan fingerprint density at radius 2 is 1.76 bits per heavy atom. The molecule has 17 heavy (non-hydrogen) atoms. The fourth-order valence-electron chi connectivity index (χ4n) is 1.12. The van der Waals surface area contributed by atoms with Crippen molar-refractivity contribution in [2.45, 2.75) is 6.92 Å². The minimum Gasteiger partial charge on any atom is -0.450 e. The van der Waals surface area contributed by atoms with Crippen molar-refractivity contribution in [1.29, 1.82) is 0 Å². The Bertz CT molecular complexity index is 482. The van der Waals surface area contributed by atoms with Crippen LogP contribution >= 0.6 is 0 Å². The summed E-state index contributed by atoms with van der Waals surface area (Å²) in [6, 6.07) is 6.24. The van der Waals surface area contributed by atoms with Crippen LogP contribution < -0.4 is 10.0 Å². The molecule has 0 heterocycles. The molecule has 0 atom stereocenters. The topological polar surface area (TPSA) is 84.5 Å². The van der Waals surface area contributed by atoms with Crippen molar-refractivity contribution >= 4 is 27.5 Å². The normalized spacial score (nSPS) is 10.7. The maximum atomic E-state index is 11.1. The maximum Gasteiger partial charge on any atom is 0.411 e. The number of ether oxygens (including phenoxy) is 1. The van der Waals surface area contributed by atoms with Crippen LogP contribution in [-0.2, 0) is 14.8 Å². The molecule has 0 spiro atoms. The molecule has 1 amide bonds. The van der Waals surface area contributed by atoms with Gasteiger partial charge < -0.3 is 4.74 Å². The molecule has 0 fully saturated rings. The predicted molar refractivity (Wildman–Crippen MR) is 65.6 cm³/mol. The van der Waals surface area contributed by atoms with Crippen LogP contribution in [0.1, 0.15) is 6.92 Å². The lowest BCUT2D eigenvalue weighted by atomic mass is 10.3. The van der Waals surface area contributed by atoms with Gasteiger partial charge in [0, 0.05) is 11.4 Å². The van der Waals surface area contributed by atoms with Gasteiger partial charge in [-0.3, -0.25) is 10.0 Å². The summed E-state index contributed by atoms with van der Waals surface area (Å²) < 4.78 is 28.9. The number of nitrogens with one attached hydrogen (secondary N) is 2. The van der Waals surface area contributed by atoms with Gasteiger partial charge in [-0.25, -0.2) is 13.2 Å². The highest BCUT2D eigenvalue weighted by Crippen LogP contribution is 2.14.